The number of hydrogen-bond acceptors (Lipinski definition) is 4. The second-order valence-electron chi connectivity index (χ2n) is 11.7. The predicted octanol–water partition coefficient (Wildman–Crippen LogP) is 4.42. The molecule has 0 spiro atoms. The maximum Gasteiger partial charge on any atom is 0.270 e. The van der Waals surface area contributed by atoms with Gasteiger partial charge in [0.25, 0.3) is 5.91 Å². The van der Waals surface area contributed by atoms with E-state index in [2.05, 4.69) is 44.1 Å². The van der Waals surface area contributed by atoms with Gasteiger partial charge in [-0.2, -0.15) is 0 Å². The lowest BCUT2D eigenvalue weighted by molar-refractivity contribution is 0.0936. The molecular weight excluding hydrogens is 503 g/mol. The van der Waals surface area contributed by atoms with Gasteiger partial charge in [-0.1, -0.05) is 30.0 Å². The maximum atomic E-state index is 14.3. The van der Waals surface area contributed by atoms with Gasteiger partial charge in [0.2, 0.25) is 0 Å². The number of fused-ring (bicyclic) bond motifs is 4. The molecule has 204 valence electrons. The number of halogens is 1. The van der Waals surface area contributed by atoms with Crippen LogP contribution < -0.4 is 5.32 Å². The molecule has 0 radical (unpaired) electrons. The van der Waals surface area contributed by atoms with Crippen molar-refractivity contribution < 1.29 is 9.18 Å². The lowest BCUT2D eigenvalue weighted by Crippen LogP contribution is -2.38. The number of pyridine rings is 1. The molecule has 5 atom stereocenters. The fraction of sp³-hybridized carbons (Fsp3) is 0.406. The zero-order chi connectivity index (χ0) is 27.4. The minimum absolute atomic E-state index is 0.281. The first-order valence-corrected chi connectivity index (χ1v) is 14.2. The first-order chi connectivity index (χ1) is 19.4. The number of carbonyl (C=O) groups is 1. The number of aryl methyl sites for hydroxylation is 1. The number of aromatic amines is 1. The summed E-state index contributed by atoms with van der Waals surface area (Å²) >= 11 is 0. The summed E-state index contributed by atoms with van der Waals surface area (Å²) in [5, 5.41) is 4.19. The number of hydrogen-bond donors (Lipinski definition) is 2. The second-order valence-corrected chi connectivity index (χ2v) is 11.7. The largest absolute Gasteiger partial charge is 0.356 e. The molecule has 1 aliphatic carbocycles. The third kappa shape index (κ3) is 4.58. The summed E-state index contributed by atoms with van der Waals surface area (Å²) in [4.78, 5) is 28.7. The second kappa shape index (κ2) is 9.90. The molecule has 8 heteroatoms. The number of carbonyl (C=O) groups excluding carboxylic acids is 1. The van der Waals surface area contributed by atoms with Crippen LogP contribution >= 0.6 is 0 Å². The number of amides is 1. The number of nitrogens with zero attached hydrogens (tertiary/aromatic N) is 4. The van der Waals surface area contributed by atoms with Gasteiger partial charge in [0.05, 0.1) is 18.6 Å². The Morgan fingerprint density at radius 1 is 1.15 bits per heavy atom. The van der Waals surface area contributed by atoms with Crippen LogP contribution in [0.1, 0.15) is 57.7 Å². The molecule has 2 fully saturated rings. The number of rotatable bonds is 4. The highest BCUT2D eigenvalue weighted by molar-refractivity contribution is 5.93. The van der Waals surface area contributed by atoms with E-state index in [0.717, 1.165) is 46.6 Å². The van der Waals surface area contributed by atoms with Gasteiger partial charge in [-0.15, -0.1) is 0 Å². The Balaban J connectivity index is 1.19. The molecule has 5 heterocycles. The van der Waals surface area contributed by atoms with Gasteiger partial charge in [0.15, 0.2) is 0 Å². The SMILES string of the molecule is Cc1cc(C#CC2[C@@H]3CC[C@H]2CN(C)C3)cc(C(=O)NC(c2cc3ccccc3[nH]2)c2ncn3c2C[C@@H](F)C3)n1. The van der Waals surface area contributed by atoms with E-state index in [-0.39, 0.29) is 18.9 Å². The van der Waals surface area contributed by atoms with E-state index in [1.807, 2.05) is 47.9 Å². The summed E-state index contributed by atoms with van der Waals surface area (Å²) in [5.74, 6) is 8.29. The molecular formula is C32H33FN6O. The van der Waals surface area contributed by atoms with Gasteiger partial charge < -0.3 is 19.8 Å². The molecule has 2 aliphatic heterocycles. The Labute approximate surface area is 233 Å². The van der Waals surface area contributed by atoms with E-state index in [1.165, 1.54) is 12.8 Å². The zero-order valence-electron chi connectivity index (χ0n) is 22.8. The average Bonchev–Trinajstić information content (AvgIpc) is 3.67. The van der Waals surface area contributed by atoms with E-state index >= 15 is 0 Å². The fourth-order valence-electron chi connectivity index (χ4n) is 7.00. The number of likely N-dealkylation sites (tertiary alicyclic amines) is 1. The van der Waals surface area contributed by atoms with Crippen molar-refractivity contribution in [2.45, 2.75) is 44.9 Å². The number of H-pyrrole nitrogens is 1. The molecule has 4 aromatic rings. The van der Waals surface area contributed by atoms with Crippen molar-refractivity contribution in [3.05, 3.63) is 82.8 Å². The van der Waals surface area contributed by atoms with E-state index in [4.69, 9.17) is 0 Å². The number of aromatic nitrogens is 4. The van der Waals surface area contributed by atoms with Gasteiger partial charge >= 0.3 is 0 Å². The van der Waals surface area contributed by atoms with Crippen LogP contribution in [0.3, 0.4) is 0 Å². The van der Waals surface area contributed by atoms with Crippen molar-refractivity contribution in [2.75, 3.05) is 20.1 Å². The van der Waals surface area contributed by atoms with Gasteiger partial charge in [0, 0.05) is 53.6 Å². The molecule has 7 nitrogen and oxygen atoms in total. The molecule has 2 N–H and O–H groups in total. The molecule has 1 saturated heterocycles. The highest BCUT2D eigenvalue weighted by Crippen LogP contribution is 2.41. The van der Waals surface area contributed by atoms with E-state index < -0.39 is 12.2 Å². The number of imidazole rings is 1. The topological polar surface area (TPSA) is 78.8 Å². The number of piperidine rings is 1. The van der Waals surface area contributed by atoms with E-state index in [0.29, 0.717) is 29.1 Å². The number of alkyl halides is 1. The first kappa shape index (κ1) is 25.0. The Kier molecular flexibility index (Phi) is 6.20. The van der Waals surface area contributed by atoms with E-state index in [1.54, 1.807) is 12.4 Å². The Morgan fingerprint density at radius 3 is 2.75 bits per heavy atom. The molecule has 2 bridgehead atoms. The summed E-state index contributed by atoms with van der Waals surface area (Å²) in [5.41, 5.74) is 5.10. The third-order valence-corrected chi connectivity index (χ3v) is 8.78. The predicted molar refractivity (Wildman–Crippen MR) is 151 cm³/mol. The first-order valence-electron chi connectivity index (χ1n) is 14.2. The Bertz CT molecular complexity index is 1610. The third-order valence-electron chi connectivity index (χ3n) is 8.78. The summed E-state index contributed by atoms with van der Waals surface area (Å²) in [6.45, 7) is 4.39. The van der Waals surface area contributed by atoms with Crippen LogP contribution in [-0.2, 0) is 13.0 Å². The van der Waals surface area contributed by atoms with Crippen molar-refractivity contribution in [1.82, 2.24) is 29.7 Å². The van der Waals surface area contributed by atoms with Crippen LogP contribution in [-0.4, -0.2) is 56.6 Å². The highest BCUT2D eigenvalue weighted by Gasteiger charge is 2.40. The quantitative estimate of drug-likeness (QED) is 0.379. The fourth-order valence-corrected chi connectivity index (χ4v) is 7.00. The van der Waals surface area contributed by atoms with Crippen LogP contribution in [0.5, 0.6) is 0 Å². The summed E-state index contributed by atoms with van der Waals surface area (Å²) < 4.78 is 16.1. The molecule has 3 aromatic heterocycles. The van der Waals surface area contributed by atoms with Gasteiger partial charge in [-0.25, -0.2) is 14.4 Å². The number of benzene rings is 1. The van der Waals surface area contributed by atoms with Gasteiger partial charge in [-0.3, -0.25) is 4.79 Å². The van der Waals surface area contributed by atoms with Crippen molar-refractivity contribution in [1.29, 1.82) is 0 Å². The lowest BCUT2D eigenvalue weighted by atomic mass is 9.85. The van der Waals surface area contributed by atoms with Crippen molar-refractivity contribution in [3.63, 3.8) is 0 Å². The molecule has 40 heavy (non-hydrogen) atoms. The number of para-hydroxylation sites is 1. The molecule has 3 aliphatic rings. The average molecular weight is 537 g/mol. The van der Waals surface area contributed by atoms with Crippen LogP contribution in [0.25, 0.3) is 10.9 Å². The lowest BCUT2D eigenvalue weighted by Gasteiger charge is -2.33. The molecule has 1 saturated carbocycles. The van der Waals surface area contributed by atoms with Crippen molar-refractivity contribution in [2.24, 2.45) is 17.8 Å². The van der Waals surface area contributed by atoms with Crippen molar-refractivity contribution in [3.8, 4) is 11.8 Å². The summed E-state index contributed by atoms with van der Waals surface area (Å²) in [7, 11) is 2.20. The normalized spacial score (nSPS) is 24.5. The Morgan fingerprint density at radius 2 is 1.95 bits per heavy atom. The maximum absolute atomic E-state index is 14.3. The summed E-state index contributed by atoms with van der Waals surface area (Å²) in [6.07, 6.45) is 3.49. The molecule has 2 unspecified atom stereocenters. The number of nitrogens with one attached hydrogen (secondary N) is 2. The zero-order valence-corrected chi connectivity index (χ0v) is 22.8. The van der Waals surface area contributed by atoms with Crippen LogP contribution in [0.2, 0.25) is 0 Å². The van der Waals surface area contributed by atoms with Crippen LogP contribution in [0.4, 0.5) is 4.39 Å². The van der Waals surface area contributed by atoms with Crippen LogP contribution in [0, 0.1) is 36.5 Å². The molecule has 1 amide bonds. The molecule has 1 aromatic carbocycles. The standard InChI is InChI=1S/C32H33FN6O/c1-19-11-20(7-10-25-22-8-9-23(25)16-38(2)15-22)12-28(35-19)32(40)37-30(27-13-21-5-3-4-6-26(21)36-27)31-29-14-24(33)17-39(29)18-34-31/h3-6,11-13,18,22-25,30,36H,8-9,14-17H2,1-2H3,(H,37,40)/t22-,23+,24-,25?,30?/m1/s1. The molecule has 7 rings (SSSR count). The minimum atomic E-state index is -0.949. The van der Waals surface area contributed by atoms with Gasteiger partial charge in [0.1, 0.15) is 17.9 Å². The summed E-state index contributed by atoms with van der Waals surface area (Å²) in [6, 6.07) is 13.1. The monoisotopic (exact) mass is 536 g/mol. The highest BCUT2D eigenvalue weighted by atomic mass is 19.1. The Hall–Kier alpha value is -3.96. The minimum Gasteiger partial charge on any atom is -0.356 e. The van der Waals surface area contributed by atoms with Crippen LogP contribution in [0.15, 0.2) is 48.8 Å². The van der Waals surface area contributed by atoms with E-state index in [9.17, 15) is 9.18 Å². The van der Waals surface area contributed by atoms with Crippen molar-refractivity contribution >= 4 is 16.8 Å². The smallest absolute Gasteiger partial charge is 0.270 e. The van der Waals surface area contributed by atoms with Gasteiger partial charge in [-0.05, 0) is 68.3 Å².